The summed E-state index contributed by atoms with van der Waals surface area (Å²) in [5, 5.41) is 3.57. The molecule has 0 atom stereocenters. The van der Waals surface area contributed by atoms with Crippen LogP contribution in [-0.2, 0) is 10.2 Å². The van der Waals surface area contributed by atoms with Gasteiger partial charge in [-0.25, -0.2) is 0 Å². The normalized spacial score (nSPS) is 21.5. The highest BCUT2D eigenvalue weighted by molar-refractivity contribution is 5.37. The molecule has 0 bridgehead atoms. The lowest BCUT2D eigenvalue weighted by molar-refractivity contribution is 0.112. The van der Waals surface area contributed by atoms with E-state index in [2.05, 4.69) is 29.6 Å². The van der Waals surface area contributed by atoms with Gasteiger partial charge in [0.05, 0.1) is 13.7 Å². The zero-order valence-electron chi connectivity index (χ0n) is 12.6. The van der Waals surface area contributed by atoms with Crippen molar-refractivity contribution in [1.29, 1.82) is 0 Å². The van der Waals surface area contributed by atoms with Crippen LogP contribution in [0.3, 0.4) is 0 Å². The third-order valence-corrected chi connectivity index (χ3v) is 5.03. The van der Waals surface area contributed by atoms with Gasteiger partial charge in [0.15, 0.2) is 0 Å². The Kier molecular flexibility index (Phi) is 3.74. The molecule has 3 nitrogen and oxygen atoms in total. The Morgan fingerprint density at radius 3 is 2.35 bits per heavy atom. The number of hydrogen-bond acceptors (Lipinski definition) is 3. The van der Waals surface area contributed by atoms with E-state index in [0.29, 0.717) is 10.8 Å². The summed E-state index contributed by atoms with van der Waals surface area (Å²) in [6, 6.07) is 8.66. The van der Waals surface area contributed by atoms with Crippen LogP contribution in [0.5, 0.6) is 5.75 Å². The summed E-state index contributed by atoms with van der Waals surface area (Å²) in [6.45, 7) is 2.77. The van der Waals surface area contributed by atoms with E-state index in [9.17, 15) is 0 Å². The second-order valence-electron chi connectivity index (χ2n) is 6.53. The van der Waals surface area contributed by atoms with E-state index in [1.165, 1.54) is 31.2 Å². The zero-order valence-corrected chi connectivity index (χ0v) is 12.6. The van der Waals surface area contributed by atoms with E-state index in [4.69, 9.17) is 9.47 Å². The molecule has 3 heteroatoms. The summed E-state index contributed by atoms with van der Waals surface area (Å²) in [4.78, 5) is 0. The van der Waals surface area contributed by atoms with Crippen LogP contribution in [0.4, 0.5) is 0 Å². The van der Waals surface area contributed by atoms with Crippen LogP contribution in [0.15, 0.2) is 24.3 Å². The molecule has 110 valence electrons. The molecule has 2 aliphatic carbocycles. The van der Waals surface area contributed by atoms with Gasteiger partial charge in [-0.1, -0.05) is 12.1 Å². The number of benzene rings is 1. The summed E-state index contributed by atoms with van der Waals surface area (Å²) in [7, 11) is 3.48. The standard InChI is InChI=1S/C17H25NO2/c1-19-10-9-18-13-17(11-16(12-17)7-8-16)14-3-5-15(20-2)6-4-14/h3-6,18H,7-13H2,1-2H3. The molecule has 0 aromatic heterocycles. The van der Waals surface area contributed by atoms with Gasteiger partial charge in [0.25, 0.3) is 0 Å². The molecule has 1 spiro atoms. The molecule has 1 N–H and O–H groups in total. The van der Waals surface area contributed by atoms with Crippen molar-refractivity contribution >= 4 is 0 Å². The third kappa shape index (κ3) is 2.57. The van der Waals surface area contributed by atoms with E-state index in [-0.39, 0.29) is 0 Å². The van der Waals surface area contributed by atoms with Crippen LogP contribution in [0.2, 0.25) is 0 Å². The maximum Gasteiger partial charge on any atom is 0.118 e. The molecule has 0 aliphatic heterocycles. The lowest BCUT2D eigenvalue weighted by Crippen LogP contribution is -2.50. The van der Waals surface area contributed by atoms with Crippen molar-refractivity contribution in [3.05, 3.63) is 29.8 Å². The van der Waals surface area contributed by atoms with Gasteiger partial charge in [-0.15, -0.1) is 0 Å². The van der Waals surface area contributed by atoms with Gasteiger partial charge >= 0.3 is 0 Å². The molecule has 1 aromatic rings. The Balaban J connectivity index is 1.68. The largest absolute Gasteiger partial charge is 0.497 e. The Hall–Kier alpha value is -1.06. The van der Waals surface area contributed by atoms with Crippen molar-refractivity contribution in [2.75, 3.05) is 33.9 Å². The van der Waals surface area contributed by atoms with Crippen LogP contribution in [0.1, 0.15) is 31.2 Å². The van der Waals surface area contributed by atoms with Crippen LogP contribution < -0.4 is 10.1 Å². The van der Waals surface area contributed by atoms with Crippen molar-refractivity contribution in [2.45, 2.75) is 31.1 Å². The summed E-state index contributed by atoms with van der Waals surface area (Å²) in [6.07, 6.45) is 5.55. The highest BCUT2D eigenvalue weighted by atomic mass is 16.5. The van der Waals surface area contributed by atoms with Crippen molar-refractivity contribution in [3.63, 3.8) is 0 Å². The molecule has 1 aromatic carbocycles. The van der Waals surface area contributed by atoms with Gasteiger partial charge in [0.1, 0.15) is 5.75 Å². The first-order valence-electron chi connectivity index (χ1n) is 7.56. The summed E-state index contributed by atoms with van der Waals surface area (Å²) < 4.78 is 10.4. The molecule has 0 radical (unpaired) electrons. The van der Waals surface area contributed by atoms with E-state index < -0.39 is 0 Å². The molecule has 0 saturated heterocycles. The smallest absolute Gasteiger partial charge is 0.118 e. The number of hydrogen-bond donors (Lipinski definition) is 1. The topological polar surface area (TPSA) is 30.5 Å². The molecule has 0 amide bonds. The van der Waals surface area contributed by atoms with Gasteiger partial charge < -0.3 is 14.8 Å². The fourth-order valence-corrected chi connectivity index (χ4v) is 3.79. The van der Waals surface area contributed by atoms with E-state index in [1.54, 1.807) is 14.2 Å². The molecular weight excluding hydrogens is 250 g/mol. The van der Waals surface area contributed by atoms with Crippen molar-refractivity contribution in [3.8, 4) is 5.75 Å². The van der Waals surface area contributed by atoms with Gasteiger partial charge in [-0.05, 0) is 48.8 Å². The maximum atomic E-state index is 5.27. The Morgan fingerprint density at radius 2 is 1.80 bits per heavy atom. The molecule has 0 unspecified atom stereocenters. The molecule has 3 rings (SSSR count). The monoisotopic (exact) mass is 275 g/mol. The predicted octanol–water partition coefficient (Wildman–Crippen LogP) is 2.74. The highest BCUT2D eigenvalue weighted by Gasteiger charge is 2.60. The van der Waals surface area contributed by atoms with Gasteiger partial charge in [0.2, 0.25) is 0 Å². The van der Waals surface area contributed by atoms with E-state index in [0.717, 1.165) is 25.4 Å². The zero-order chi connectivity index (χ0) is 14.1. The first-order chi connectivity index (χ1) is 9.72. The van der Waals surface area contributed by atoms with Gasteiger partial charge in [-0.2, -0.15) is 0 Å². The third-order valence-electron chi connectivity index (χ3n) is 5.03. The minimum absolute atomic E-state index is 0.330. The maximum absolute atomic E-state index is 5.27. The number of methoxy groups -OCH3 is 2. The molecular formula is C17H25NO2. The Morgan fingerprint density at radius 1 is 1.10 bits per heavy atom. The molecule has 2 aliphatic rings. The Labute approximate surface area is 121 Å². The van der Waals surface area contributed by atoms with E-state index in [1.807, 2.05) is 0 Å². The number of ether oxygens (including phenoxy) is 2. The first-order valence-corrected chi connectivity index (χ1v) is 7.56. The summed E-state index contributed by atoms with van der Waals surface area (Å²) in [5.74, 6) is 0.941. The quantitative estimate of drug-likeness (QED) is 0.776. The minimum atomic E-state index is 0.330. The van der Waals surface area contributed by atoms with Crippen molar-refractivity contribution < 1.29 is 9.47 Å². The Bertz CT molecular complexity index is 443. The average Bonchev–Trinajstić information content (AvgIpc) is 3.23. The second kappa shape index (κ2) is 5.38. The summed E-state index contributed by atoms with van der Waals surface area (Å²) in [5.41, 5.74) is 2.49. The van der Waals surface area contributed by atoms with Gasteiger partial charge in [0, 0.05) is 25.6 Å². The predicted molar refractivity (Wildman–Crippen MR) is 80.3 cm³/mol. The minimum Gasteiger partial charge on any atom is -0.497 e. The average molecular weight is 275 g/mol. The number of rotatable bonds is 7. The fraction of sp³-hybridized carbons (Fsp3) is 0.647. The molecule has 0 heterocycles. The molecule has 2 fully saturated rings. The molecule has 2 saturated carbocycles. The van der Waals surface area contributed by atoms with Crippen molar-refractivity contribution in [1.82, 2.24) is 5.32 Å². The lowest BCUT2D eigenvalue weighted by Gasteiger charge is -2.49. The number of nitrogens with one attached hydrogen (secondary N) is 1. The first kappa shape index (κ1) is 13.9. The fourth-order valence-electron chi connectivity index (χ4n) is 3.79. The van der Waals surface area contributed by atoms with Gasteiger partial charge in [-0.3, -0.25) is 0 Å². The molecule has 20 heavy (non-hydrogen) atoms. The van der Waals surface area contributed by atoms with Crippen LogP contribution >= 0.6 is 0 Å². The lowest BCUT2D eigenvalue weighted by atomic mass is 9.56. The van der Waals surface area contributed by atoms with Crippen LogP contribution in [0, 0.1) is 5.41 Å². The van der Waals surface area contributed by atoms with Crippen LogP contribution in [0.25, 0.3) is 0 Å². The highest BCUT2D eigenvalue weighted by Crippen LogP contribution is 2.68. The van der Waals surface area contributed by atoms with Crippen molar-refractivity contribution in [2.24, 2.45) is 5.41 Å². The van der Waals surface area contributed by atoms with E-state index >= 15 is 0 Å². The SMILES string of the molecule is COCCNCC1(c2ccc(OC)cc2)CC2(CC2)C1. The second-order valence-corrected chi connectivity index (χ2v) is 6.53. The van der Waals surface area contributed by atoms with Crippen LogP contribution in [-0.4, -0.2) is 33.9 Å². The summed E-state index contributed by atoms with van der Waals surface area (Å²) >= 11 is 0.